The second-order valence-electron chi connectivity index (χ2n) is 5.81. The number of nitrogens with one attached hydrogen (secondary N) is 1. The highest BCUT2D eigenvalue weighted by Crippen LogP contribution is 2.10. The number of ether oxygens (including phenoxy) is 2. The molecule has 0 aliphatic carbocycles. The number of aryl methyl sites for hydroxylation is 1. The van der Waals surface area contributed by atoms with E-state index in [4.69, 9.17) is 4.74 Å². The van der Waals surface area contributed by atoms with Gasteiger partial charge in [0.15, 0.2) is 0 Å². The number of amides is 1. The van der Waals surface area contributed by atoms with Gasteiger partial charge in [-0.2, -0.15) is 0 Å². The molecule has 6 nitrogen and oxygen atoms in total. The van der Waals surface area contributed by atoms with E-state index in [1.165, 1.54) is 20.3 Å². The molecule has 2 aromatic rings. The molecule has 26 heavy (non-hydrogen) atoms. The topological polar surface area (TPSA) is 81.7 Å². The lowest BCUT2D eigenvalue weighted by Crippen LogP contribution is -2.43. The zero-order chi connectivity index (χ0) is 19.1. The predicted octanol–water partition coefficient (Wildman–Crippen LogP) is 2.30. The van der Waals surface area contributed by atoms with Gasteiger partial charge in [0, 0.05) is 12.0 Å². The van der Waals surface area contributed by atoms with Crippen molar-refractivity contribution in [2.45, 2.75) is 19.4 Å². The standard InChI is InChI=1S/C20H21NO5/c1-13-6-4-7-14(10-13)11-17(20(24)26-3)21-18(22)15-8-5-9-16(12-15)19(23)25-2/h4-10,12,17H,11H2,1-3H3,(H,21,22)/t17-/m1/s1. The van der Waals surface area contributed by atoms with Crippen LogP contribution >= 0.6 is 0 Å². The van der Waals surface area contributed by atoms with Crippen LogP contribution in [0.1, 0.15) is 31.8 Å². The summed E-state index contributed by atoms with van der Waals surface area (Å²) >= 11 is 0. The summed E-state index contributed by atoms with van der Waals surface area (Å²) in [6, 6.07) is 12.9. The fourth-order valence-corrected chi connectivity index (χ4v) is 2.56. The quantitative estimate of drug-likeness (QED) is 0.804. The molecule has 0 aliphatic heterocycles. The summed E-state index contributed by atoms with van der Waals surface area (Å²) in [6.45, 7) is 1.95. The van der Waals surface area contributed by atoms with E-state index in [-0.39, 0.29) is 11.1 Å². The molecule has 0 radical (unpaired) electrons. The molecule has 0 bridgehead atoms. The maximum atomic E-state index is 12.5. The number of hydrogen-bond acceptors (Lipinski definition) is 5. The first-order chi connectivity index (χ1) is 12.4. The molecular weight excluding hydrogens is 334 g/mol. The SMILES string of the molecule is COC(=O)c1cccc(C(=O)N[C@H](Cc2cccc(C)c2)C(=O)OC)c1. The molecule has 2 aromatic carbocycles. The largest absolute Gasteiger partial charge is 0.467 e. The van der Waals surface area contributed by atoms with E-state index in [0.717, 1.165) is 11.1 Å². The highest BCUT2D eigenvalue weighted by molar-refractivity contribution is 5.99. The van der Waals surface area contributed by atoms with Crippen LogP contribution in [0.2, 0.25) is 0 Å². The molecule has 0 saturated heterocycles. The predicted molar refractivity (Wildman–Crippen MR) is 95.9 cm³/mol. The first kappa shape index (κ1) is 19.2. The van der Waals surface area contributed by atoms with Crippen LogP contribution < -0.4 is 5.32 Å². The molecule has 1 amide bonds. The molecule has 6 heteroatoms. The van der Waals surface area contributed by atoms with Crippen LogP contribution in [0.5, 0.6) is 0 Å². The van der Waals surface area contributed by atoms with Gasteiger partial charge in [0.05, 0.1) is 19.8 Å². The van der Waals surface area contributed by atoms with Gasteiger partial charge in [-0.3, -0.25) is 4.79 Å². The Morgan fingerprint density at radius 2 is 1.65 bits per heavy atom. The van der Waals surface area contributed by atoms with Gasteiger partial charge >= 0.3 is 11.9 Å². The molecular formula is C20H21NO5. The number of rotatable bonds is 6. The Balaban J connectivity index is 2.18. The van der Waals surface area contributed by atoms with E-state index in [9.17, 15) is 14.4 Å². The summed E-state index contributed by atoms with van der Waals surface area (Å²) < 4.78 is 9.46. The lowest BCUT2D eigenvalue weighted by Gasteiger charge is -2.17. The smallest absolute Gasteiger partial charge is 0.337 e. The van der Waals surface area contributed by atoms with Gasteiger partial charge in [-0.1, -0.05) is 35.9 Å². The fourth-order valence-electron chi connectivity index (χ4n) is 2.56. The number of carbonyl (C=O) groups is 3. The van der Waals surface area contributed by atoms with Crippen LogP contribution in [0.15, 0.2) is 48.5 Å². The van der Waals surface area contributed by atoms with Crippen LogP contribution in [-0.4, -0.2) is 38.1 Å². The monoisotopic (exact) mass is 355 g/mol. The number of carbonyl (C=O) groups excluding carboxylic acids is 3. The molecule has 2 rings (SSSR count). The van der Waals surface area contributed by atoms with Crippen molar-refractivity contribution in [1.29, 1.82) is 0 Å². The third-order valence-corrected chi connectivity index (χ3v) is 3.86. The highest BCUT2D eigenvalue weighted by Gasteiger charge is 2.23. The second-order valence-corrected chi connectivity index (χ2v) is 5.81. The molecule has 0 unspecified atom stereocenters. The van der Waals surface area contributed by atoms with Gasteiger partial charge in [-0.25, -0.2) is 9.59 Å². The first-order valence-electron chi connectivity index (χ1n) is 8.07. The van der Waals surface area contributed by atoms with Gasteiger partial charge < -0.3 is 14.8 Å². The minimum absolute atomic E-state index is 0.256. The zero-order valence-corrected chi connectivity index (χ0v) is 14.9. The maximum Gasteiger partial charge on any atom is 0.337 e. The Bertz CT molecular complexity index is 815. The lowest BCUT2D eigenvalue weighted by atomic mass is 10.0. The summed E-state index contributed by atoms with van der Waals surface area (Å²) in [6.07, 6.45) is 0.302. The van der Waals surface area contributed by atoms with Crippen LogP contribution in [0.4, 0.5) is 0 Å². The third kappa shape index (κ3) is 4.92. The molecule has 1 N–H and O–H groups in total. The van der Waals surface area contributed by atoms with Crippen molar-refractivity contribution in [3.63, 3.8) is 0 Å². The van der Waals surface area contributed by atoms with E-state index in [2.05, 4.69) is 10.1 Å². The zero-order valence-electron chi connectivity index (χ0n) is 14.9. The molecule has 0 heterocycles. The number of benzene rings is 2. The van der Waals surface area contributed by atoms with Gasteiger partial charge in [0.2, 0.25) is 0 Å². The van der Waals surface area contributed by atoms with E-state index in [1.807, 2.05) is 31.2 Å². The van der Waals surface area contributed by atoms with Crippen LogP contribution in [-0.2, 0) is 20.7 Å². The van der Waals surface area contributed by atoms with E-state index in [0.29, 0.717) is 6.42 Å². The molecule has 1 atom stereocenters. The Hall–Kier alpha value is -3.15. The van der Waals surface area contributed by atoms with Crippen molar-refractivity contribution < 1.29 is 23.9 Å². The first-order valence-corrected chi connectivity index (χ1v) is 8.07. The average molecular weight is 355 g/mol. The van der Waals surface area contributed by atoms with Crippen molar-refractivity contribution in [2.75, 3.05) is 14.2 Å². The van der Waals surface area contributed by atoms with Crippen molar-refractivity contribution in [1.82, 2.24) is 5.32 Å². The molecule has 136 valence electrons. The Morgan fingerprint density at radius 3 is 2.31 bits per heavy atom. The molecule has 0 spiro atoms. The number of methoxy groups -OCH3 is 2. The molecule has 0 aromatic heterocycles. The van der Waals surface area contributed by atoms with Crippen LogP contribution in [0.3, 0.4) is 0 Å². The van der Waals surface area contributed by atoms with Gasteiger partial charge in [0.25, 0.3) is 5.91 Å². The van der Waals surface area contributed by atoms with Crippen molar-refractivity contribution in [2.24, 2.45) is 0 Å². The van der Waals surface area contributed by atoms with Crippen molar-refractivity contribution in [3.05, 3.63) is 70.8 Å². The Kier molecular flexibility index (Phi) is 6.49. The number of hydrogen-bond donors (Lipinski definition) is 1. The van der Waals surface area contributed by atoms with Crippen molar-refractivity contribution >= 4 is 17.8 Å². The number of esters is 2. The van der Waals surface area contributed by atoms with Crippen LogP contribution in [0.25, 0.3) is 0 Å². The van der Waals surface area contributed by atoms with Crippen LogP contribution in [0, 0.1) is 6.92 Å². The molecule has 0 fully saturated rings. The lowest BCUT2D eigenvalue weighted by molar-refractivity contribution is -0.142. The third-order valence-electron chi connectivity index (χ3n) is 3.86. The Morgan fingerprint density at radius 1 is 0.962 bits per heavy atom. The summed E-state index contributed by atoms with van der Waals surface area (Å²) in [5.74, 6) is -1.55. The summed E-state index contributed by atoms with van der Waals surface area (Å²) in [4.78, 5) is 36.2. The molecule has 0 aliphatic rings. The minimum atomic E-state index is -0.837. The minimum Gasteiger partial charge on any atom is -0.467 e. The normalized spacial score (nSPS) is 11.3. The second kappa shape index (κ2) is 8.80. The average Bonchev–Trinajstić information content (AvgIpc) is 2.66. The maximum absolute atomic E-state index is 12.5. The van der Waals surface area contributed by atoms with Gasteiger partial charge in [0.1, 0.15) is 6.04 Å². The van der Waals surface area contributed by atoms with E-state index in [1.54, 1.807) is 18.2 Å². The van der Waals surface area contributed by atoms with Gasteiger partial charge in [-0.15, -0.1) is 0 Å². The van der Waals surface area contributed by atoms with E-state index >= 15 is 0 Å². The van der Waals surface area contributed by atoms with Crippen molar-refractivity contribution in [3.8, 4) is 0 Å². The summed E-state index contributed by atoms with van der Waals surface area (Å²) in [7, 11) is 2.54. The Labute approximate surface area is 152 Å². The summed E-state index contributed by atoms with van der Waals surface area (Å²) in [5, 5.41) is 2.67. The van der Waals surface area contributed by atoms with E-state index < -0.39 is 23.9 Å². The fraction of sp³-hybridized carbons (Fsp3) is 0.250. The molecule has 0 saturated carbocycles. The highest BCUT2D eigenvalue weighted by atomic mass is 16.5. The summed E-state index contributed by atoms with van der Waals surface area (Å²) in [5.41, 5.74) is 2.48. The van der Waals surface area contributed by atoms with Gasteiger partial charge in [-0.05, 0) is 30.7 Å².